The number of aromatic amines is 1. The molecule has 0 unspecified atom stereocenters. The van der Waals surface area contributed by atoms with Gasteiger partial charge in [-0.1, -0.05) is 6.07 Å². The first-order chi connectivity index (χ1) is 22.3. The van der Waals surface area contributed by atoms with Crippen LogP contribution in [0.2, 0.25) is 0 Å². The van der Waals surface area contributed by atoms with Crippen LogP contribution in [0.1, 0.15) is 34.3 Å². The Kier molecular flexibility index (Phi) is 8.79. The Bertz CT molecular complexity index is 1950. The molecular weight excluding hydrogens is 600 g/mol. The number of nitrogens with one attached hydrogen (secondary N) is 2. The SMILES string of the molecule is O=C(Nc1ccc(Cc2ccnc3[nH]nc(OCC4CCN(C(=O)CO)CC4)c23)c(F)c1)c1ccnn(-c2ccc(F)cc2)c1=O. The minimum atomic E-state index is -0.753. The average Bonchev–Trinajstić information content (AvgIpc) is 3.49. The fourth-order valence-corrected chi connectivity index (χ4v) is 5.41. The fraction of sp³-hybridized carbons (Fsp3) is 0.250. The second kappa shape index (κ2) is 13.2. The number of anilines is 1. The first-order valence-corrected chi connectivity index (χ1v) is 14.6. The van der Waals surface area contributed by atoms with Crippen molar-refractivity contribution in [3.05, 3.63) is 106 Å². The molecular formula is C32H29F2N7O5. The van der Waals surface area contributed by atoms with Gasteiger partial charge in [0.1, 0.15) is 23.8 Å². The van der Waals surface area contributed by atoms with Gasteiger partial charge in [-0.2, -0.15) is 9.78 Å². The Labute approximate surface area is 260 Å². The summed E-state index contributed by atoms with van der Waals surface area (Å²) in [7, 11) is 0. The van der Waals surface area contributed by atoms with Gasteiger partial charge in [0.2, 0.25) is 11.8 Å². The normalized spacial score (nSPS) is 13.6. The van der Waals surface area contributed by atoms with Gasteiger partial charge in [0.15, 0.2) is 5.65 Å². The van der Waals surface area contributed by atoms with Crippen molar-refractivity contribution >= 4 is 28.5 Å². The number of pyridine rings is 1. The third-order valence-electron chi connectivity index (χ3n) is 7.93. The number of nitrogens with zero attached hydrogens (tertiary/aromatic N) is 5. The molecule has 2 amide bonds. The van der Waals surface area contributed by atoms with Crippen LogP contribution in [0.5, 0.6) is 5.88 Å². The third kappa shape index (κ3) is 6.47. The maximum atomic E-state index is 15.3. The van der Waals surface area contributed by atoms with Crippen LogP contribution in [0.3, 0.4) is 0 Å². The Morgan fingerprint density at radius 1 is 1.02 bits per heavy atom. The molecule has 1 fully saturated rings. The van der Waals surface area contributed by atoms with Crippen molar-refractivity contribution in [1.82, 2.24) is 29.9 Å². The summed E-state index contributed by atoms with van der Waals surface area (Å²) in [6, 6.07) is 12.3. The van der Waals surface area contributed by atoms with Crippen molar-refractivity contribution in [2.75, 3.05) is 31.6 Å². The van der Waals surface area contributed by atoms with Gasteiger partial charge in [0.05, 0.1) is 17.7 Å². The summed E-state index contributed by atoms with van der Waals surface area (Å²) in [5, 5.41) is 23.4. The lowest BCUT2D eigenvalue weighted by atomic mass is 9.98. The van der Waals surface area contributed by atoms with E-state index in [1.807, 2.05) is 0 Å². The number of aliphatic hydroxyl groups is 1. The summed E-state index contributed by atoms with van der Waals surface area (Å²) in [4.78, 5) is 43.6. The van der Waals surface area contributed by atoms with Crippen molar-refractivity contribution in [3.8, 4) is 11.6 Å². The van der Waals surface area contributed by atoms with E-state index in [4.69, 9.17) is 9.84 Å². The van der Waals surface area contributed by atoms with Gasteiger partial charge in [-0.05, 0) is 78.4 Å². The van der Waals surface area contributed by atoms with Gasteiger partial charge in [0.25, 0.3) is 11.5 Å². The lowest BCUT2D eigenvalue weighted by Crippen LogP contribution is -2.41. The second-order valence-corrected chi connectivity index (χ2v) is 10.9. The van der Waals surface area contributed by atoms with E-state index >= 15 is 4.39 Å². The number of ether oxygens (including phenoxy) is 1. The molecule has 0 saturated carbocycles. The monoisotopic (exact) mass is 629 g/mol. The quantitative estimate of drug-likeness (QED) is 0.225. The van der Waals surface area contributed by atoms with E-state index in [2.05, 4.69) is 25.6 Å². The first kappa shape index (κ1) is 30.5. The molecule has 3 N–H and O–H groups in total. The number of benzene rings is 2. The van der Waals surface area contributed by atoms with E-state index in [0.717, 1.165) is 23.1 Å². The number of amides is 2. The highest BCUT2D eigenvalue weighted by molar-refractivity contribution is 6.04. The highest BCUT2D eigenvalue weighted by atomic mass is 19.1. The van der Waals surface area contributed by atoms with E-state index in [1.54, 1.807) is 23.2 Å². The zero-order chi connectivity index (χ0) is 32.2. The molecule has 3 aromatic heterocycles. The predicted molar refractivity (Wildman–Crippen MR) is 163 cm³/mol. The largest absolute Gasteiger partial charge is 0.476 e. The Balaban J connectivity index is 1.14. The van der Waals surface area contributed by atoms with Crippen LogP contribution >= 0.6 is 0 Å². The minimum Gasteiger partial charge on any atom is -0.476 e. The van der Waals surface area contributed by atoms with E-state index in [0.29, 0.717) is 42.2 Å². The molecule has 0 radical (unpaired) electrons. The number of carbonyl (C=O) groups is 2. The van der Waals surface area contributed by atoms with Crippen LogP contribution in [0.25, 0.3) is 16.7 Å². The fourth-order valence-electron chi connectivity index (χ4n) is 5.41. The number of H-pyrrole nitrogens is 1. The maximum absolute atomic E-state index is 15.3. The summed E-state index contributed by atoms with van der Waals surface area (Å²) < 4.78 is 35.7. The summed E-state index contributed by atoms with van der Waals surface area (Å²) >= 11 is 0. The third-order valence-corrected chi connectivity index (χ3v) is 7.93. The molecule has 1 aliphatic rings. The molecule has 0 spiro atoms. The number of fused-ring (bicyclic) bond motifs is 1. The van der Waals surface area contributed by atoms with Crippen LogP contribution < -0.4 is 15.6 Å². The number of halogens is 2. The standard InChI is InChI=1S/C32H29F2N7O5/c33-22-2-5-24(6-3-22)41-32(45)25(8-12-36-41)30(44)37-23-4-1-20(26(34)16-23)15-21-7-11-35-29-28(21)31(39-38-29)46-18-19-9-13-40(14-10-19)27(43)17-42/h1-8,11-12,16,19,42H,9-10,13-15,17-18H2,(H,37,44)(H,35,38,39). The number of hydrogen-bond donors (Lipinski definition) is 3. The number of aromatic nitrogens is 5. The van der Waals surface area contributed by atoms with Gasteiger partial charge in [-0.25, -0.2) is 13.8 Å². The average molecular weight is 630 g/mol. The van der Waals surface area contributed by atoms with E-state index in [-0.39, 0.29) is 35.2 Å². The molecule has 46 heavy (non-hydrogen) atoms. The van der Waals surface area contributed by atoms with Gasteiger partial charge < -0.3 is 20.1 Å². The number of aliphatic hydroxyl groups excluding tert-OH is 1. The Morgan fingerprint density at radius 2 is 1.80 bits per heavy atom. The molecule has 236 valence electrons. The smallest absolute Gasteiger partial charge is 0.284 e. The van der Waals surface area contributed by atoms with Gasteiger partial charge in [-0.15, -0.1) is 5.10 Å². The molecule has 6 rings (SSSR count). The number of likely N-dealkylation sites (tertiary alicyclic amines) is 1. The van der Waals surface area contributed by atoms with Crippen LogP contribution in [0.4, 0.5) is 14.5 Å². The van der Waals surface area contributed by atoms with Crippen molar-refractivity contribution in [3.63, 3.8) is 0 Å². The summed E-state index contributed by atoms with van der Waals surface area (Å²) in [5.41, 5.74) is 1.06. The zero-order valence-corrected chi connectivity index (χ0v) is 24.5. The van der Waals surface area contributed by atoms with Crippen molar-refractivity contribution in [2.45, 2.75) is 19.3 Å². The van der Waals surface area contributed by atoms with Gasteiger partial charge in [0, 0.05) is 37.6 Å². The molecule has 0 bridgehead atoms. The highest BCUT2D eigenvalue weighted by Crippen LogP contribution is 2.29. The van der Waals surface area contributed by atoms with Crippen LogP contribution in [-0.2, 0) is 11.2 Å². The topological polar surface area (TPSA) is 155 Å². The van der Waals surface area contributed by atoms with Crippen LogP contribution in [0, 0.1) is 17.6 Å². The summed E-state index contributed by atoms with van der Waals surface area (Å²) in [6.45, 7) is 0.981. The van der Waals surface area contributed by atoms with E-state index in [9.17, 15) is 18.8 Å². The first-order valence-electron chi connectivity index (χ1n) is 14.6. The minimum absolute atomic E-state index is 0.148. The molecule has 12 nitrogen and oxygen atoms in total. The number of rotatable bonds is 9. The summed E-state index contributed by atoms with van der Waals surface area (Å²) in [5.74, 6) is -1.54. The van der Waals surface area contributed by atoms with Crippen molar-refractivity contribution in [2.24, 2.45) is 5.92 Å². The zero-order valence-electron chi connectivity index (χ0n) is 24.5. The van der Waals surface area contributed by atoms with Crippen LogP contribution in [0.15, 0.2) is 71.8 Å². The molecule has 1 aliphatic heterocycles. The molecule has 0 aliphatic carbocycles. The molecule has 1 saturated heterocycles. The maximum Gasteiger partial charge on any atom is 0.284 e. The molecule has 5 aromatic rings. The van der Waals surface area contributed by atoms with Crippen molar-refractivity contribution in [1.29, 1.82) is 0 Å². The Hall–Kier alpha value is -5.50. The lowest BCUT2D eigenvalue weighted by Gasteiger charge is -2.31. The van der Waals surface area contributed by atoms with Gasteiger partial charge >= 0.3 is 0 Å². The molecule has 0 atom stereocenters. The van der Waals surface area contributed by atoms with E-state index < -0.39 is 29.7 Å². The molecule has 14 heteroatoms. The molecule has 4 heterocycles. The van der Waals surface area contributed by atoms with Gasteiger partial charge in [-0.3, -0.25) is 19.5 Å². The van der Waals surface area contributed by atoms with E-state index in [1.165, 1.54) is 48.7 Å². The second-order valence-electron chi connectivity index (χ2n) is 10.9. The highest BCUT2D eigenvalue weighted by Gasteiger charge is 2.24. The number of carbonyl (C=O) groups excluding carboxylic acids is 2. The predicted octanol–water partition coefficient (Wildman–Crippen LogP) is 3.23. The molecule has 2 aromatic carbocycles. The summed E-state index contributed by atoms with van der Waals surface area (Å²) in [6.07, 6.45) is 4.52. The lowest BCUT2D eigenvalue weighted by molar-refractivity contribution is -0.135. The number of piperidine rings is 1. The van der Waals surface area contributed by atoms with Crippen LogP contribution in [-0.4, -0.2) is 73.1 Å². The van der Waals surface area contributed by atoms with Crippen molar-refractivity contribution < 1.29 is 28.2 Å². The Morgan fingerprint density at radius 3 is 2.54 bits per heavy atom. The number of hydrogen-bond acceptors (Lipinski definition) is 8.